The van der Waals surface area contributed by atoms with E-state index in [1.165, 1.54) is 0 Å². The Morgan fingerprint density at radius 2 is 1.73 bits per heavy atom. The predicted molar refractivity (Wildman–Crippen MR) is 43.5 cm³/mol. The molecule has 2 heteroatoms. The summed E-state index contributed by atoms with van der Waals surface area (Å²) in [5.41, 5.74) is -0.556. The normalized spacial score (nSPS) is 33.4. The number of rotatable bonds is 4. The van der Waals surface area contributed by atoms with E-state index in [4.69, 9.17) is 4.74 Å². The molecule has 0 unspecified atom stereocenters. The van der Waals surface area contributed by atoms with Crippen LogP contribution >= 0.6 is 0 Å². The van der Waals surface area contributed by atoms with Gasteiger partial charge >= 0.3 is 0 Å². The van der Waals surface area contributed by atoms with E-state index in [0.717, 1.165) is 25.5 Å². The number of ether oxygens (including phenoxy) is 1. The lowest BCUT2D eigenvalue weighted by Gasteiger charge is -2.09. The van der Waals surface area contributed by atoms with Gasteiger partial charge in [0.2, 0.25) is 0 Å². The summed E-state index contributed by atoms with van der Waals surface area (Å²) in [5.74, 6) is 0. The molecular formula is C9H16O2. The van der Waals surface area contributed by atoms with Gasteiger partial charge in [-0.2, -0.15) is 0 Å². The highest BCUT2D eigenvalue weighted by Crippen LogP contribution is 2.53. The van der Waals surface area contributed by atoms with Crippen LogP contribution in [0.2, 0.25) is 0 Å². The van der Waals surface area contributed by atoms with Crippen molar-refractivity contribution in [2.45, 2.75) is 51.2 Å². The Balaban J connectivity index is 2.73. The molecule has 0 saturated carbocycles. The standard InChI is InChI=1S/C9H16O2/c1-4-8(5-2)9(6-3,7-10)11-8/h7H,4-6H2,1-3H3/t9-/m0/s1. The van der Waals surface area contributed by atoms with Crippen LogP contribution in [-0.2, 0) is 9.53 Å². The Labute approximate surface area is 67.9 Å². The molecule has 0 aromatic heterocycles. The Morgan fingerprint density at radius 1 is 1.18 bits per heavy atom. The minimum absolute atomic E-state index is 0.122. The zero-order chi connectivity index (χ0) is 8.54. The lowest BCUT2D eigenvalue weighted by molar-refractivity contribution is -0.112. The fraction of sp³-hybridized carbons (Fsp3) is 0.889. The Morgan fingerprint density at radius 3 is 1.82 bits per heavy atom. The average molecular weight is 156 g/mol. The lowest BCUT2D eigenvalue weighted by Crippen LogP contribution is -2.25. The number of hydrogen-bond donors (Lipinski definition) is 0. The molecule has 1 aliphatic heterocycles. The molecule has 1 aliphatic rings. The van der Waals surface area contributed by atoms with Crippen molar-refractivity contribution in [2.75, 3.05) is 0 Å². The molecule has 0 spiro atoms. The minimum Gasteiger partial charge on any atom is -0.355 e. The number of hydrogen-bond acceptors (Lipinski definition) is 2. The smallest absolute Gasteiger partial charge is 0.154 e. The van der Waals surface area contributed by atoms with E-state index in [9.17, 15) is 4.79 Å². The molecule has 1 heterocycles. The van der Waals surface area contributed by atoms with Gasteiger partial charge in [0.25, 0.3) is 0 Å². The summed E-state index contributed by atoms with van der Waals surface area (Å²) in [6.45, 7) is 6.15. The van der Waals surface area contributed by atoms with Gasteiger partial charge in [0.05, 0.1) is 0 Å². The lowest BCUT2D eigenvalue weighted by atomic mass is 9.87. The maximum absolute atomic E-state index is 10.7. The van der Waals surface area contributed by atoms with Gasteiger partial charge in [-0.3, -0.25) is 0 Å². The van der Waals surface area contributed by atoms with Gasteiger partial charge in [0, 0.05) is 0 Å². The zero-order valence-corrected chi connectivity index (χ0v) is 7.52. The number of carbonyl (C=O) groups excluding carboxylic acids is 1. The third-order valence-electron chi connectivity index (χ3n) is 2.96. The molecule has 64 valence electrons. The van der Waals surface area contributed by atoms with Gasteiger partial charge in [0.1, 0.15) is 5.60 Å². The molecular weight excluding hydrogens is 140 g/mol. The van der Waals surface area contributed by atoms with Crippen LogP contribution in [0.1, 0.15) is 40.0 Å². The average Bonchev–Trinajstić information content (AvgIpc) is 2.75. The number of aldehydes is 1. The predicted octanol–water partition coefficient (Wildman–Crippen LogP) is 1.92. The Hall–Kier alpha value is -0.370. The second-order valence-electron chi connectivity index (χ2n) is 3.16. The highest BCUT2D eigenvalue weighted by atomic mass is 16.6. The topological polar surface area (TPSA) is 29.6 Å². The van der Waals surface area contributed by atoms with Crippen LogP contribution in [0.5, 0.6) is 0 Å². The largest absolute Gasteiger partial charge is 0.355 e. The van der Waals surface area contributed by atoms with Crippen molar-refractivity contribution in [1.29, 1.82) is 0 Å². The molecule has 0 radical (unpaired) electrons. The van der Waals surface area contributed by atoms with Crippen molar-refractivity contribution >= 4 is 6.29 Å². The summed E-state index contributed by atoms with van der Waals surface area (Å²) in [6, 6.07) is 0. The van der Waals surface area contributed by atoms with Gasteiger partial charge in [-0.25, -0.2) is 0 Å². The number of epoxide rings is 1. The van der Waals surface area contributed by atoms with Crippen LogP contribution in [0.3, 0.4) is 0 Å². The highest BCUT2D eigenvalue weighted by Gasteiger charge is 2.66. The summed E-state index contributed by atoms with van der Waals surface area (Å²) >= 11 is 0. The summed E-state index contributed by atoms with van der Waals surface area (Å²) in [5, 5.41) is 0. The van der Waals surface area contributed by atoms with Gasteiger partial charge in [-0.1, -0.05) is 20.8 Å². The SMILES string of the molecule is CCC1(CC)O[C@]1(C=O)CC. The van der Waals surface area contributed by atoms with Crippen molar-refractivity contribution in [3.05, 3.63) is 0 Å². The first-order valence-corrected chi connectivity index (χ1v) is 4.36. The summed E-state index contributed by atoms with van der Waals surface area (Å²) in [4.78, 5) is 10.7. The van der Waals surface area contributed by atoms with Crippen LogP contribution in [0, 0.1) is 0 Å². The van der Waals surface area contributed by atoms with E-state index in [1.807, 2.05) is 6.92 Å². The third kappa shape index (κ3) is 0.924. The fourth-order valence-corrected chi connectivity index (χ4v) is 1.93. The molecule has 1 rings (SSSR count). The van der Waals surface area contributed by atoms with Gasteiger partial charge in [-0.15, -0.1) is 0 Å². The van der Waals surface area contributed by atoms with Crippen molar-refractivity contribution in [2.24, 2.45) is 0 Å². The molecule has 1 saturated heterocycles. The molecule has 11 heavy (non-hydrogen) atoms. The first-order valence-electron chi connectivity index (χ1n) is 4.36. The molecule has 0 aliphatic carbocycles. The van der Waals surface area contributed by atoms with Crippen molar-refractivity contribution < 1.29 is 9.53 Å². The Bertz CT molecular complexity index is 161. The van der Waals surface area contributed by atoms with Crippen molar-refractivity contribution in [1.82, 2.24) is 0 Å². The summed E-state index contributed by atoms with van der Waals surface area (Å²) in [7, 11) is 0. The highest BCUT2D eigenvalue weighted by molar-refractivity contribution is 5.69. The van der Waals surface area contributed by atoms with Crippen LogP contribution in [0.15, 0.2) is 0 Å². The van der Waals surface area contributed by atoms with E-state index in [1.54, 1.807) is 0 Å². The number of carbonyl (C=O) groups is 1. The third-order valence-corrected chi connectivity index (χ3v) is 2.96. The second-order valence-corrected chi connectivity index (χ2v) is 3.16. The van der Waals surface area contributed by atoms with Crippen LogP contribution in [0.4, 0.5) is 0 Å². The summed E-state index contributed by atoms with van der Waals surface area (Å²) < 4.78 is 5.52. The fourth-order valence-electron chi connectivity index (χ4n) is 1.93. The quantitative estimate of drug-likeness (QED) is 0.459. The molecule has 1 atom stereocenters. The van der Waals surface area contributed by atoms with Gasteiger partial charge in [0.15, 0.2) is 11.9 Å². The van der Waals surface area contributed by atoms with E-state index >= 15 is 0 Å². The second kappa shape index (κ2) is 2.59. The summed E-state index contributed by atoms with van der Waals surface area (Å²) in [6.07, 6.45) is 3.66. The first kappa shape index (κ1) is 8.72. The molecule has 1 fully saturated rings. The first-order chi connectivity index (χ1) is 5.20. The van der Waals surface area contributed by atoms with Crippen LogP contribution in [0.25, 0.3) is 0 Å². The molecule has 0 N–H and O–H groups in total. The Kier molecular flexibility index (Phi) is 2.06. The molecule has 2 nitrogen and oxygen atoms in total. The molecule has 0 amide bonds. The van der Waals surface area contributed by atoms with Gasteiger partial charge in [-0.05, 0) is 19.3 Å². The molecule has 0 aromatic carbocycles. The van der Waals surface area contributed by atoms with E-state index in [0.29, 0.717) is 0 Å². The van der Waals surface area contributed by atoms with Crippen LogP contribution < -0.4 is 0 Å². The van der Waals surface area contributed by atoms with E-state index in [2.05, 4.69) is 13.8 Å². The van der Waals surface area contributed by atoms with Crippen molar-refractivity contribution in [3.8, 4) is 0 Å². The monoisotopic (exact) mass is 156 g/mol. The molecule has 0 aromatic rings. The molecule has 0 bridgehead atoms. The van der Waals surface area contributed by atoms with Gasteiger partial charge < -0.3 is 9.53 Å². The maximum Gasteiger partial charge on any atom is 0.154 e. The van der Waals surface area contributed by atoms with Crippen LogP contribution in [-0.4, -0.2) is 17.5 Å². The van der Waals surface area contributed by atoms with E-state index < -0.39 is 5.60 Å². The van der Waals surface area contributed by atoms with Crippen molar-refractivity contribution in [3.63, 3.8) is 0 Å². The maximum atomic E-state index is 10.7. The zero-order valence-electron chi connectivity index (χ0n) is 7.52. The van der Waals surface area contributed by atoms with E-state index in [-0.39, 0.29) is 5.60 Å². The minimum atomic E-state index is -0.434.